The quantitative estimate of drug-likeness (QED) is 0.810. The average Bonchev–Trinajstić information content (AvgIpc) is 2.89. The van der Waals surface area contributed by atoms with E-state index in [0.717, 1.165) is 12.8 Å². The molecule has 17 heavy (non-hydrogen) atoms. The van der Waals surface area contributed by atoms with Crippen molar-refractivity contribution in [3.05, 3.63) is 16.7 Å². The average molecular weight is 293 g/mol. The van der Waals surface area contributed by atoms with Gasteiger partial charge in [0.1, 0.15) is 0 Å². The molecule has 0 spiro atoms. The van der Waals surface area contributed by atoms with Crippen LogP contribution in [0.3, 0.4) is 0 Å². The molecule has 5 nitrogen and oxygen atoms in total. The van der Waals surface area contributed by atoms with Crippen molar-refractivity contribution < 1.29 is 12.6 Å². The summed E-state index contributed by atoms with van der Waals surface area (Å²) in [5.74, 6) is 0.370. The van der Waals surface area contributed by atoms with Crippen molar-refractivity contribution in [1.82, 2.24) is 9.38 Å². The summed E-state index contributed by atoms with van der Waals surface area (Å²) in [4.78, 5) is 4.51. The molecule has 0 aliphatic heterocycles. The zero-order valence-corrected chi connectivity index (χ0v) is 11.1. The lowest BCUT2D eigenvalue weighted by molar-refractivity contribution is 0.300. The van der Waals surface area contributed by atoms with Crippen LogP contribution in [0, 0.1) is 5.92 Å². The lowest BCUT2D eigenvalue weighted by atomic mass is 10.5. The van der Waals surface area contributed by atoms with Gasteiger partial charge in [0.25, 0.3) is 0 Å². The minimum Gasteiger partial charge on any atom is -0.278 e. The van der Waals surface area contributed by atoms with Crippen LogP contribution in [0.25, 0.3) is 4.96 Å². The molecule has 0 amide bonds. The zero-order valence-electron chi connectivity index (χ0n) is 8.67. The molecule has 2 aromatic heterocycles. The monoisotopic (exact) mass is 292 g/mol. The molecule has 1 fully saturated rings. The van der Waals surface area contributed by atoms with Crippen molar-refractivity contribution in [2.75, 3.05) is 6.61 Å². The van der Waals surface area contributed by atoms with Crippen molar-refractivity contribution in [2.45, 2.75) is 17.9 Å². The lowest BCUT2D eigenvalue weighted by Crippen LogP contribution is -2.11. The molecule has 0 saturated heterocycles. The van der Waals surface area contributed by atoms with Gasteiger partial charge in [-0.05, 0) is 18.8 Å². The molecule has 3 rings (SSSR count). The van der Waals surface area contributed by atoms with Crippen LogP contribution in [0.2, 0.25) is 5.15 Å². The number of nitrogens with zero attached hydrogens (tertiary/aromatic N) is 2. The molecule has 0 N–H and O–H groups in total. The van der Waals surface area contributed by atoms with E-state index in [9.17, 15) is 8.42 Å². The standard InChI is InChI=1S/C9H9ClN2O3S2/c10-7-8(12-3-4-16-9(12)11-7)17(13,14)15-5-6-1-2-6/h3-4,6H,1-2,5H2. The second-order valence-electron chi connectivity index (χ2n) is 3.95. The summed E-state index contributed by atoms with van der Waals surface area (Å²) >= 11 is 7.16. The van der Waals surface area contributed by atoms with E-state index in [1.165, 1.54) is 15.7 Å². The van der Waals surface area contributed by atoms with Gasteiger partial charge in [0, 0.05) is 11.6 Å². The van der Waals surface area contributed by atoms with Crippen LogP contribution in [0.15, 0.2) is 16.6 Å². The van der Waals surface area contributed by atoms with Crippen molar-refractivity contribution >= 4 is 38.0 Å². The SMILES string of the molecule is O=S(=O)(OCC1CC1)c1c(Cl)nc2sccn12. The lowest BCUT2D eigenvalue weighted by Gasteiger charge is -2.03. The topological polar surface area (TPSA) is 60.7 Å². The van der Waals surface area contributed by atoms with Crippen LogP contribution in [0.5, 0.6) is 0 Å². The van der Waals surface area contributed by atoms with Crippen LogP contribution in [-0.4, -0.2) is 24.4 Å². The Morgan fingerprint density at radius 1 is 1.59 bits per heavy atom. The molecule has 8 heteroatoms. The molecule has 0 unspecified atom stereocenters. The Bertz CT molecular complexity index is 657. The van der Waals surface area contributed by atoms with Gasteiger partial charge in [-0.3, -0.25) is 8.58 Å². The number of hydrogen-bond acceptors (Lipinski definition) is 5. The van der Waals surface area contributed by atoms with Gasteiger partial charge < -0.3 is 0 Å². The fraction of sp³-hybridized carbons (Fsp3) is 0.444. The fourth-order valence-electron chi connectivity index (χ4n) is 1.49. The van der Waals surface area contributed by atoms with Gasteiger partial charge in [-0.1, -0.05) is 11.6 Å². The molecule has 1 saturated carbocycles. The van der Waals surface area contributed by atoms with E-state index >= 15 is 0 Å². The van der Waals surface area contributed by atoms with Gasteiger partial charge in [-0.25, -0.2) is 4.98 Å². The molecule has 0 bridgehead atoms. The molecule has 1 aliphatic carbocycles. The summed E-state index contributed by atoms with van der Waals surface area (Å²) in [5, 5.41) is 1.64. The molecule has 2 aromatic rings. The van der Waals surface area contributed by atoms with Gasteiger partial charge in [0.05, 0.1) is 6.61 Å². The van der Waals surface area contributed by atoms with Crippen molar-refractivity contribution in [2.24, 2.45) is 5.92 Å². The molecular weight excluding hydrogens is 284 g/mol. The van der Waals surface area contributed by atoms with E-state index < -0.39 is 10.1 Å². The predicted molar refractivity (Wildman–Crippen MR) is 63.9 cm³/mol. The van der Waals surface area contributed by atoms with E-state index in [4.69, 9.17) is 15.8 Å². The third-order valence-corrected chi connectivity index (χ3v) is 5.01. The predicted octanol–water partition coefficient (Wildman–Crippen LogP) is 2.16. The first-order valence-corrected chi connectivity index (χ1v) is 7.75. The van der Waals surface area contributed by atoms with E-state index in [1.807, 2.05) is 0 Å². The van der Waals surface area contributed by atoms with Crippen LogP contribution >= 0.6 is 22.9 Å². The molecule has 0 atom stereocenters. The molecule has 0 aromatic carbocycles. The summed E-state index contributed by atoms with van der Waals surface area (Å²) in [5.41, 5.74) is 0. The van der Waals surface area contributed by atoms with Crippen LogP contribution < -0.4 is 0 Å². The Kier molecular flexibility index (Phi) is 2.66. The normalized spacial score (nSPS) is 16.8. The molecular formula is C9H9ClN2O3S2. The minimum absolute atomic E-state index is 0.0346. The molecule has 0 radical (unpaired) electrons. The van der Waals surface area contributed by atoms with Crippen molar-refractivity contribution in [1.29, 1.82) is 0 Å². The number of fused-ring (bicyclic) bond motifs is 1. The Hall–Kier alpha value is -0.630. The molecule has 1 aliphatic rings. The maximum Gasteiger partial charge on any atom is 0.316 e. The first-order valence-electron chi connectivity index (χ1n) is 5.08. The number of aromatic nitrogens is 2. The van der Waals surface area contributed by atoms with Crippen molar-refractivity contribution in [3.63, 3.8) is 0 Å². The van der Waals surface area contributed by atoms with E-state index in [1.54, 1.807) is 11.6 Å². The Morgan fingerprint density at radius 3 is 3.06 bits per heavy atom. The van der Waals surface area contributed by atoms with Crippen LogP contribution in [0.4, 0.5) is 0 Å². The summed E-state index contributed by atoms with van der Waals surface area (Å²) in [6.07, 6.45) is 3.68. The Labute approximate surface area is 107 Å². The third kappa shape index (κ3) is 2.08. The number of imidazole rings is 1. The van der Waals surface area contributed by atoms with Crippen molar-refractivity contribution in [3.8, 4) is 0 Å². The van der Waals surface area contributed by atoms with Gasteiger partial charge in [0.15, 0.2) is 10.1 Å². The minimum atomic E-state index is -3.82. The highest BCUT2D eigenvalue weighted by Gasteiger charge is 2.29. The molecule has 2 heterocycles. The smallest absolute Gasteiger partial charge is 0.278 e. The van der Waals surface area contributed by atoms with E-state index in [0.29, 0.717) is 10.9 Å². The first-order chi connectivity index (χ1) is 8.08. The second-order valence-corrected chi connectivity index (χ2v) is 6.71. The van der Waals surface area contributed by atoms with Gasteiger partial charge in [-0.2, -0.15) is 8.42 Å². The summed E-state index contributed by atoms with van der Waals surface area (Å²) in [6, 6.07) is 0. The number of thiazole rings is 1. The summed E-state index contributed by atoms with van der Waals surface area (Å²) < 4.78 is 30.4. The highest BCUT2D eigenvalue weighted by Crippen LogP contribution is 2.32. The first kappa shape index (κ1) is 11.5. The highest BCUT2D eigenvalue weighted by atomic mass is 35.5. The highest BCUT2D eigenvalue weighted by molar-refractivity contribution is 7.86. The number of hydrogen-bond donors (Lipinski definition) is 0. The summed E-state index contributed by atoms with van der Waals surface area (Å²) in [7, 11) is -3.82. The molecule has 92 valence electrons. The van der Waals surface area contributed by atoms with Gasteiger partial charge >= 0.3 is 10.1 Å². The second kappa shape index (κ2) is 3.94. The maximum atomic E-state index is 12.0. The number of halogens is 1. The third-order valence-electron chi connectivity index (χ3n) is 2.57. The number of rotatable bonds is 4. The Balaban J connectivity index is 2.00. The Morgan fingerprint density at radius 2 is 2.35 bits per heavy atom. The van der Waals surface area contributed by atoms with Gasteiger partial charge in [0.2, 0.25) is 5.03 Å². The van der Waals surface area contributed by atoms with Crippen LogP contribution in [-0.2, 0) is 14.3 Å². The van der Waals surface area contributed by atoms with Crippen LogP contribution in [0.1, 0.15) is 12.8 Å². The summed E-state index contributed by atoms with van der Waals surface area (Å²) in [6.45, 7) is 0.232. The van der Waals surface area contributed by atoms with Gasteiger partial charge in [-0.15, -0.1) is 11.3 Å². The largest absolute Gasteiger partial charge is 0.316 e. The maximum absolute atomic E-state index is 12.0. The zero-order chi connectivity index (χ0) is 12.0. The van der Waals surface area contributed by atoms with E-state index in [-0.39, 0.29) is 16.8 Å². The fourth-order valence-corrected chi connectivity index (χ4v) is 3.89. The van der Waals surface area contributed by atoms with E-state index in [2.05, 4.69) is 4.98 Å².